The van der Waals surface area contributed by atoms with E-state index in [1.54, 1.807) is 0 Å². The minimum Gasteiger partial charge on any atom is -0.494 e. The second-order valence-corrected chi connectivity index (χ2v) is 11.1. The van der Waals surface area contributed by atoms with Crippen molar-refractivity contribution in [3.63, 3.8) is 0 Å². The number of nitrogens with zero attached hydrogens (tertiary/aromatic N) is 3. The van der Waals surface area contributed by atoms with Crippen LogP contribution in [0.3, 0.4) is 0 Å². The van der Waals surface area contributed by atoms with Gasteiger partial charge in [-0.2, -0.15) is 0 Å². The molecular formula is C28H28FN3O4S. The van der Waals surface area contributed by atoms with Crippen LogP contribution in [0.25, 0.3) is 11.0 Å². The SMILES string of the molecule is CC(C)CCOc1cccc(C2c3c(oc4ccc(F)cc4c3=O)C(=O)N2c2nnc(CC(C)C)s2)c1. The lowest BCUT2D eigenvalue weighted by molar-refractivity contribution is 0.0970. The van der Waals surface area contributed by atoms with Crippen molar-refractivity contribution in [1.82, 2.24) is 10.2 Å². The van der Waals surface area contributed by atoms with E-state index in [9.17, 15) is 14.0 Å². The highest BCUT2D eigenvalue weighted by Gasteiger charge is 2.45. The Balaban J connectivity index is 1.65. The predicted octanol–water partition coefficient (Wildman–Crippen LogP) is 6.16. The predicted molar refractivity (Wildman–Crippen MR) is 141 cm³/mol. The maximum absolute atomic E-state index is 14.1. The molecule has 0 radical (unpaired) electrons. The fraction of sp³-hybridized carbons (Fsp3) is 0.357. The van der Waals surface area contributed by atoms with Gasteiger partial charge in [0, 0.05) is 6.42 Å². The molecule has 192 valence electrons. The van der Waals surface area contributed by atoms with Crippen molar-refractivity contribution in [3.8, 4) is 5.75 Å². The average Bonchev–Trinajstić information content (AvgIpc) is 3.41. The number of carbonyl (C=O) groups excluding carboxylic acids is 1. The third-order valence-corrected chi connectivity index (χ3v) is 7.16. The number of ether oxygens (including phenoxy) is 1. The molecule has 0 saturated carbocycles. The summed E-state index contributed by atoms with van der Waals surface area (Å²) in [6.45, 7) is 8.96. The summed E-state index contributed by atoms with van der Waals surface area (Å²) >= 11 is 1.31. The van der Waals surface area contributed by atoms with Gasteiger partial charge < -0.3 is 9.15 Å². The van der Waals surface area contributed by atoms with Crippen LogP contribution in [0, 0.1) is 17.7 Å². The van der Waals surface area contributed by atoms with E-state index < -0.39 is 23.2 Å². The van der Waals surface area contributed by atoms with E-state index in [-0.39, 0.29) is 22.3 Å². The molecule has 1 aliphatic heterocycles. The molecule has 1 unspecified atom stereocenters. The van der Waals surface area contributed by atoms with Gasteiger partial charge in [-0.25, -0.2) is 4.39 Å². The zero-order chi connectivity index (χ0) is 26.3. The zero-order valence-corrected chi connectivity index (χ0v) is 22.0. The topological polar surface area (TPSA) is 85.5 Å². The number of anilines is 1. The van der Waals surface area contributed by atoms with Gasteiger partial charge in [-0.3, -0.25) is 14.5 Å². The second-order valence-electron chi connectivity index (χ2n) is 10.1. The van der Waals surface area contributed by atoms with Crippen LogP contribution in [-0.4, -0.2) is 22.7 Å². The number of fused-ring (bicyclic) bond motifs is 2. The number of aromatic nitrogens is 2. The normalized spacial score (nSPS) is 15.3. The van der Waals surface area contributed by atoms with Crippen molar-refractivity contribution in [3.05, 3.63) is 80.4 Å². The minimum absolute atomic E-state index is 0.0687. The highest BCUT2D eigenvalue weighted by molar-refractivity contribution is 7.15. The molecular weight excluding hydrogens is 493 g/mol. The first-order chi connectivity index (χ1) is 17.7. The van der Waals surface area contributed by atoms with Crippen LogP contribution >= 0.6 is 11.3 Å². The standard InChI is InChI=1S/C28H28FN3O4S/c1-15(2)10-11-35-19-7-5-6-17(13-19)24-23-25(33)20-14-18(29)8-9-21(20)36-26(23)27(34)32(24)28-31-30-22(37-28)12-16(3)4/h5-9,13-16,24H,10-12H2,1-4H3. The summed E-state index contributed by atoms with van der Waals surface area (Å²) in [5.74, 6) is 0.385. The molecule has 9 heteroatoms. The van der Waals surface area contributed by atoms with Crippen LogP contribution in [0.1, 0.15) is 66.8 Å². The number of hydrogen-bond donors (Lipinski definition) is 0. The molecule has 0 N–H and O–H groups in total. The van der Waals surface area contributed by atoms with Crippen LogP contribution in [-0.2, 0) is 6.42 Å². The Morgan fingerprint density at radius 3 is 2.65 bits per heavy atom. The monoisotopic (exact) mass is 521 g/mol. The number of carbonyl (C=O) groups is 1. The summed E-state index contributed by atoms with van der Waals surface area (Å²) in [6.07, 6.45) is 1.61. The van der Waals surface area contributed by atoms with Gasteiger partial charge >= 0.3 is 0 Å². The summed E-state index contributed by atoms with van der Waals surface area (Å²) < 4.78 is 25.9. The lowest BCUT2D eigenvalue weighted by Gasteiger charge is -2.22. The van der Waals surface area contributed by atoms with E-state index >= 15 is 0 Å². The minimum atomic E-state index is -0.820. The lowest BCUT2D eigenvalue weighted by Crippen LogP contribution is -2.29. The molecule has 2 aromatic heterocycles. The van der Waals surface area contributed by atoms with Crippen molar-refractivity contribution in [2.45, 2.75) is 46.6 Å². The van der Waals surface area contributed by atoms with Crippen LogP contribution < -0.4 is 15.1 Å². The van der Waals surface area contributed by atoms with E-state index in [0.717, 1.165) is 23.9 Å². The van der Waals surface area contributed by atoms with Crippen LogP contribution in [0.5, 0.6) is 5.75 Å². The van der Waals surface area contributed by atoms with E-state index in [2.05, 4.69) is 37.9 Å². The maximum atomic E-state index is 14.1. The largest absolute Gasteiger partial charge is 0.494 e. The maximum Gasteiger partial charge on any atom is 0.297 e. The lowest BCUT2D eigenvalue weighted by atomic mass is 9.98. The molecule has 5 rings (SSSR count). The van der Waals surface area contributed by atoms with Gasteiger partial charge in [0.05, 0.1) is 23.6 Å². The summed E-state index contributed by atoms with van der Waals surface area (Å²) in [5, 5.41) is 9.84. The molecule has 2 aromatic carbocycles. The van der Waals surface area contributed by atoms with Gasteiger partial charge in [0.25, 0.3) is 5.91 Å². The first-order valence-corrected chi connectivity index (χ1v) is 13.2. The van der Waals surface area contributed by atoms with Gasteiger partial charge in [0.1, 0.15) is 22.2 Å². The Morgan fingerprint density at radius 2 is 1.89 bits per heavy atom. The van der Waals surface area contributed by atoms with E-state index in [1.807, 2.05) is 24.3 Å². The molecule has 0 bridgehead atoms. The van der Waals surface area contributed by atoms with E-state index in [1.165, 1.54) is 28.4 Å². The molecule has 3 heterocycles. The Morgan fingerprint density at radius 1 is 1.08 bits per heavy atom. The molecule has 0 aliphatic carbocycles. The highest BCUT2D eigenvalue weighted by Crippen LogP contribution is 2.43. The van der Waals surface area contributed by atoms with Crippen molar-refractivity contribution in [1.29, 1.82) is 0 Å². The van der Waals surface area contributed by atoms with Gasteiger partial charge in [-0.15, -0.1) is 10.2 Å². The van der Waals surface area contributed by atoms with Crippen LogP contribution in [0.2, 0.25) is 0 Å². The first-order valence-electron chi connectivity index (χ1n) is 12.4. The van der Waals surface area contributed by atoms with Crippen LogP contribution in [0.15, 0.2) is 51.7 Å². The molecule has 37 heavy (non-hydrogen) atoms. The molecule has 4 aromatic rings. The smallest absolute Gasteiger partial charge is 0.297 e. The van der Waals surface area contributed by atoms with Crippen molar-refractivity contribution >= 4 is 33.3 Å². The van der Waals surface area contributed by atoms with E-state index in [0.29, 0.717) is 34.9 Å². The fourth-order valence-corrected chi connectivity index (χ4v) is 5.50. The Hall–Kier alpha value is -3.59. The van der Waals surface area contributed by atoms with Crippen molar-refractivity contribution in [2.24, 2.45) is 11.8 Å². The van der Waals surface area contributed by atoms with Crippen molar-refractivity contribution in [2.75, 3.05) is 11.5 Å². The number of rotatable bonds is 8. The summed E-state index contributed by atoms with van der Waals surface area (Å²) in [7, 11) is 0. The molecule has 0 spiro atoms. The zero-order valence-electron chi connectivity index (χ0n) is 21.2. The molecule has 1 atom stereocenters. The number of halogens is 1. The van der Waals surface area contributed by atoms with E-state index in [4.69, 9.17) is 9.15 Å². The molecule has 1 amide bonds. The number of benzene rings is 2. The summed E-state index contributed by atoms with van der Waals surface area (Å²) in [6, 6.07) is 10.2. The molecule has 0 fully saturated rings. The second kappa shape index (κ2) is 10.0. The number of amides is 1. The third-order valence-electron chi connectivity index (χ3n) is 6.22. The quantitative estimate of drug-likeness (QED) is 0.276. The first kappa shape index (κ1) is 25.1. The summed E-state index contributed by atoms with van der Waals surface area (Å²) in [5.41, 5.74) is 0.526. The summed E-state index contributed by atoms with van der Waals surface area (Å²) in [4.78, 5) is 28.9. The Bertz CT molecular complexity index is 1530. The van der Waals surface area contributed by atoms with Gasteiger partial charge in [0.15, 0.2) is 5.43 Å². The Labute approximate surface area is 217 Å². The fourth-order valence-electron chi connectivity index (χ4n) is 4.42. The average molecular weight is 522 g/mol. The highest BCUT2D eigenvalue weighted by atomic mass is 32.1. The molecule has 1 aliphatic rings. The van der Waals surface area contributed by atoms with Gasteiger partial charge in [0.2, 0.25) is 10.9 Å². The Kier molecular flexibility index (Phi) is 6.81. The number of hydrogen-bond acceptors (Lipinski definition) is 7. The van der Waals surface area contributed by atoms with Crippen molar-refractivity contribution < 1.29 is 18.3 Å². The molecule has 0 saturated heterocycles. The van der Waals surface area contributed by atoms with Gasteiger partial charge in [-0.05, 0) is 54.2 Å². The van der Waals surface area contributed by atoms with Crippen LogP contribution in [0.4, 0.5) is 9.52 Å². The third kappa shape index (κ3) is 4.87. The molecule has 7 nitrogen and oxygen atoms in total. The van der Waals surface area contributed by atoms with Gasteiger partial charge in [-0.1, -0.05) is 51.2 Å².